The molecule has 1 aliphatic rings. The van der Waals surface area contributed by atoms with E-state index >= 15 is 0 Å². The summed E-state index contributed by atoms with van der Waals surface area (Å²) in [7, 11) is 0. The maximum atomic E-state index is 12.8. The Labute approximate surface area is 162 Å². The van der Waals surface area contributed by atoms with Crippen LogP contribution in [0.4, 0.5) is 4.79 Å². The molecule has 27 heavy (non-hydrogen) atoms. The predicted octanol–water partition coefficient (Wildman–Crippen LogP) is 2.68. The average molecular weight is 389 g/mol. The van der Waals surface area contributed by atoms with Crippen molar-refractivity contribution in [3.8, 4) is 0 Å². The lowest BCUT2D eigenvalue weighted by Crippen LogP contribution is -2.42. The lowest BCUT2D eigenvalue weighted by Gasteiger charge is -2.23. The number of aliphatic hydroxyl groups excluding tert-OH is 1. The number of urea groups is 1. The maximum Gasteiger partial charge on any atom is 0.325 e. The van der Waals surface area contributed by atoms with Crippen LogP contribution in [0.25, 0.3) is 0 Å². The van der Waals surface area contributed by atoms with E-state index in [2.05, 4.69) is 5.32 Å². The van der Waals surface area contributed by atoms with E-state index in [1.54, 1.807) is 31.2 Å². The number of carbonyl (C=O) groups is 2. The molecule has 2 N–H and O–H groups in total. The number of hydrogen-bond donors (Lipinski definition) is 2. The second kappa shape index (κ2) is 8.08. The van der Waals surface area contributed by atoms with Crippen LogP contribution in [-0.4, -0.2) is 41.2 Å². The molecule has 2 aromatic rings. The van der Waals surface area contributed by atoms with Gasteiger partial charge in [0.2, 0.25) is 0 Å². The van der Waals surface area contributed by atoms with Crippen LogP contribution in [0.15, 0.2) is 54.6 Å². The molecule has 2 aromatic carbocycles. The van der Waals surface area contributed by atoms with E-state index in [9.17, 15) is 14.7 Å². The zero-order chi connectivity index (χ0) is 19.4. The van der Waals surface area contributed by atoms with Crippen LogP contribution >= 0.6 is 11.6 Å². The van der Waals surface area contributed by atoms with Gasteiger partial charge in [0.05, 0.1) is 25.9 Å². The molecule has 1 fully saturated rings. The third-order valence-electron chi connectivity index (χ3n) is 4.51. The summed E-state index contributed by atoms with van der Waals surface area (Å²) in [4.78, 5) is 26.1. The van der Waals surface area contributed by atoms with Crippen molar-refractivity contribution in [1.82, 2.24) is 10.2 Å². The second-order valence-electron chi connectivity index (χ2n) is 6.63. The summed E-state index contributed by atoms with van der Waals surface area (Å²) in [5, 5.41) is 13.4. The fourth-order valence-electron chi connectivity index (χ4n) is 2.99. The molecule has 3 rings (SSSR count). The number of nitrogens with one attached hydrogen (secondary N) is 1. The molecule has 0 aliphatic carbocycles. The van der Waals surface area contributed by atoms with Crippen LogP contribution in [0.2, 0.25) is 5.02 Å². The van der Waals surface area contributed by atoms with Crippen molar-refractivity contribution in [3.05, 3.63) is 70.7 Å². The monoisotopic (exact) mass is 388 g/mol. The van der Waals surface area contributed by atoms with Gasteiger partial charge in [-0.1, -0.05) is 54.1 Å². The fraction of sp³-hybridized carbons (Fsp3) is 0.300. The molecule has 142 valence electrons. The summed E-state index contributed by atoms with van der Waals surface area (Å²) in [6.45, 7) is 1.86. The Hall–Kier alpha value is -2.41. The molecule has 2 atom stereocenters. The number of ether oxygens (including phenoxy) is 1. The number of amides is 3. The van der Waals surface area contributed by atoms with Crippen LogP contribution in [0.5, 0.6) is 0 Å². The van der Waals surface area contributed by atoms with Gasteiger partial charge in [0.1, 0.15) is 5.54 Å². The van der Waals surface area contributed by atoms with Gasteiger partial charge in [-0.05, 0) is 30.2 Å². The molecular formula is C20H21ClN2O4. The van der Waals surface area contributed by atoms with Gasteiger partial charge in [0.25, 0.3) is 5.91 Å². The summed E-state index contributed by atoms with van der Waals surface area (Å²) in [5.41, 5.74) is 0.421. The standard InChI is InChI=1S/C20H21ClN2O4/c1-20(15-7-9-16(21)10-8-15)18(25)23(19(26)22-20)11-17(24)13-27-12-14-5-3-2-4-6-14/h2-10,17,24H,11-13H2,1H3,(H,22,26). The predicted molar refractivity (Wildman–Crippen MR) is 101 cm³/mol. The first-order chi connectivity index (χ1) is 12.9. The number of nitrogens with zero attached hydrogens (tertiary/aromatic N) is 1. The number of β-amino-alcohol motifs (C(OH)–C–C–N with tert-alkyl or cyclic N) is 1. The van der Waals surface area contributed by atoms with Crippen LogP contribution in [-0.2, 0) is 21.7 Å². The van der Waals surface area contributed by atoms with E-state index in [0.717, 1.165) is 10.5 Å². The summed E-state index contributed by atoms with van der Waals surface area (Å²) < 4.78 is 5.48. The molecule has 0 aromatic heterocycles. The van der Waals surface area contributed by atoms with Crippen molar-refractivity contribution in [2.75, 3.05) is 13.2 Å². The third-order valence-corrected chi connectivity index (χ3v) is 4.76. The van der Waals surface area contributed by atoms with Crippen LogP contribution < -0.4 is 5.32 Å². The first kappa shape index (κ1) is 19.4. The summed E-state index contributed by atoms with van der Waals surface area (Å²) in [6.07, 6.45) is -0.976. The molecule has 6 nitrogen and oxygen atoms in total. The number of hydrogen-bond acceptors (Lipinski definition) is 4. The van der Waals surface area contributed by atoms with Crippen LogP contribution in [0, 0.1) is 0 Å². The number of halogens is 1. The number of aliphatic hydroxyl groups is 1. The third kappa shape index (κ3) is 4.30. The van der Waals surface area contributed by atoms with Gasteiger partial charge < -0.3 is 15.2 Å². The van der Waals surface area contributed by atoms with Gasteiger partial charge in [-0.15, -0.1) is 0 Å². The Morgan fingerprint density at radius 1 is 1.15 bits per heavy atom. The highest BCUT2D eigenvalue weighted by molar-refractivity contribution is 6.30. The van der Waals surface area contributed by atoms with Crippen molar-refractivity contribution in [2.45, 2.75) is 25.2 Å². The van der Waals surface area contributed by atoms with Crippen molar-refractivity contribution in [2.24, 2.45) is 0 Å². The van der Waals surface area contributed by atoms with E-state index in [1.807, 2.05) is 30.3 Å². The Bertz CT molecular complexity index is 812. The van der Waals surface area contributed by atoms with E-state index in [1.165, 1.54) is 0 Å². The average Bonchev–Trinajstić information content (AvgIpc) is 2.87. The molecule has 7 heteroatoms. The van der Waals surface area contributed by atoms with Gasteiger partial charge in [-0.25, -0.2) is 4.79 Å². The van der Waals surface area contributed by atoms with Crippen molar-refractivity contribution < 1.29 is 19.4 Å². The van der Waals surface area contributed by atoms with Gasteiger partial charge >= 0.3 is 6.03 Å². The van der Waals surface area contributed by atoms with Crippen molar-refractivity contribution >= 4 is 23.5 Å². The van der Waals surface area contributed by atoms with E-state index in [4.69, 9.17) is 16.3 Å². The highest BCUT2D eigenvalue weighted by Crippen LogP contribution is 2.29. The topological polar surface area (TPSA) is 78.9 Å². The number of benzene rings is 2. The summed E-state index contributed by atoms with van der Waals surface area (Å²) >= 11 is 5.89. The van der Waals surface area contributed by atoms with E-state index in [-0.39, 0.29) is 13.2 Å². The minimum atomic E-state index is -1.19. The zero-order valence-corrected chi connectivity index (χ0v) is 15.6. The van der Waals surface area contributed by atoms with Gasteiger partial charge in [-0.3, -0.25) is 9.69 Å². The highest BCUT2D eigenvalue weighted by Gasteiger charge is 2.49. The lowest BCUT2D eigenvalue weighted by atomic mass is 9.92. The van der Waals surface area contributed by atoms with Crippen molar-refractivity contribution in [1.29, 1.82) is 0 Å². The summed E-state index contributed by atoms with van der Waals surface area (Å²) in [5.74, 6) is -0.420. The fourth-order valence-corrected chi connectivity index (χ4v) is 3.12. The molecule has 0 saturated carbocycles. The Balaban J connectivity index is 1.59. The van der Waals surface area contributed by atoms with Gasteiger partial charge in [0, 0.05) is 5.02 Å². The molecule has 1 heterocycles. The molecule has 0 spiro atoms. The Morgan fingerprint density at radius 2 is 1.81 bits per heavy atom. The molecule has 0 bridgehead atoms. The van der Waals surface area contributed by atoms with Crippen LogP contribution in [0.3, 0.4) is 0 Å². The normalized spacial score (nSPS) is 20.6. The SMILES string of the molecule is CC1(c2ccc(Cl)cc2)NC(=O)N(CC(O)COCc2ccccc2)C1=O. The zero-order valence-electron chi connectivity index (χ0n) is 14.9. The van der Waals surface area contributed by atoms with E-state index in [0.29, 0.717) is 17.2 Å². The molecule has 1 saturated heterocycles. The first-order valence-electron chi connectivity index (χ1n) is 8.60. The number of imide groups is 1. The van der Waals surface area contributed by atoms with Gasteiger partial charge in [-0.2, -0.15) is 0 Å². The largest absolute Gasteiger partial charge is 0.389 e. The Morgan fingerprint density at radius 3 is 2.48 bits per heavy atom. The van der Waals surface area contributed by atoms with Crippen molar-refractivity contribution in [3.63, 3.8) is 0 Å². The first-order valence-corrected chi connectivity index (χ1v) is 8.98. The quantitative estimate of drug-likeness (QED) is 0.715. The summed E-state index contributed by atoms with van der Waals surface area (Å²) in [6, 6.07) is 15.7. The highest BCUT2D eigenvalue weighted by atomic mass is 35.5. The number of carbonyl (C=O) groups excluding carboxylic acids is 2. The molecular weight excluding hydrogens is 368 g/mol. The number of rotatable bonds is 7. The minimum Gasteiger partial charge on any atom is -0.389 e. The molecule has 2 unspecified atom stereocenters. The molecule has 1 aliphatic heterocycles. The second-order valence-corrected chi connectivity index (χ2v) is 7.07. The maximum absolute atomic E-state index is 12.8. The smallest absolute Gasteiger partial charge is 0.325 e. The van der Waals surface area contributed by atoms with Gasteiger partial charge in [0.15, 0.2) is 0 Å². The lowest BCUT2D eigenvalue weighted by molar-refractivity contribution is -0.132. The van der Waals surface area contributed by atoms with E-state index < -0.39 is 23.6 Å². The van der Waals surface area contributed by atoms with Crippen LogP contribution in [0.1, 0.15) is 18.1 Å². The minimum absolute atomic E-state index is 0.0175. The Kier molecular flexibility index (Phi) is 5.79. The molecule has 3 amide bonds. The molecule has 0 radical (unpaired) electrons.